The van der Waals surface area contributed by atoms with Gasteiger partial charge in [0, 0.05) is 44.3 Å². The largest absolute Gasteiger partial charge is 0.381 e. The van der Waals surface area contributed by atoms with Gasteiger partial charge >= 0.3 is 0 Å². The van der Waals surface area contributed by atoms with Crippen molar-refractivity contribution in [2.24, 2.45) is 4.99 Å². The third kappa shape index (κ3) is 4.35. The highest BCUT2D eigenvalue weighted by atomic mass is 16.5. The van der Waals surface area contributed by atoms with E-state index in [-0.39, 0.29) is 5.54 Å². The van der Waals surface area contributed by atoms with Crippen molar-refractivity contribution in [1.82, 2.24) is 30.3 Å². The maximum absolute atomic E-state index is 5.58. The molecule has 3 rings (SSSR count). The van der Waals surface area contributed by atoms with Gasteiger partial charge in [-0.15, -0.1) is 0 Å². The van der Waals surface area contributed by atoms with E-state index in [1.165, 1.54) is 0 Å². The first kappa shape index (κ1) is 19.1. The molecule has 2 N–H and O–H groups in total. The lowest BCUT2D eigenvalue weighted by Gasteiger charge is -2.42. The quantitative estimate of drug-likeness (QED) is 0.601. The molecule has 1 aromatic rings. The number of likely N-dealkylation sites (tertiary alicyclic amines) is 1. The second kappa shape index (κ2) is 8.81. The van der Waals surface area contributed by atoms with Crippen LogP contribution in [0.2, 0.25) is 0 Å². The Balaban J connectivity index is 1.64. The van der Waals surface area contributed by atoms with E-state index in [1.807, 2.05) is 0 Å². The van der Waals surface area contributed by atoms with Crippen molar-refractivity contribution < 1.29 is 4.74 Å². The van der Waals surface area contributed by atoms with Crippen LogP contribution in [-0.4, -0.2) is 90.0 Å². The average molecular weight is 364 g/mol. The molecule has 2 saturated heterocycles. The van der Waals surface area contributed by atoms with Crippen LogP contribution < -0.4 is 5.32 Å². The van der Waals surface area contributed by atoms with Crippen LogP contribution in [0.4, 0.5) is 0 Å². The van der Waals surface area contributed by atoms with Crippen molar-refractivity contribution in [3.05, 3.63) is 12.2 Å². The number of hydrogen-bond donors (Lipinski definition) is 2. The van der Waals surface area contributed by atoms with E-state index in [2.05, 4.69) is 51.3 Å². The summed E-state index contributed by atoms with van der Waals surface area (Å²) in [6.07, 6.45) is 5.83. The zero-order valence-corrected chi connectivity index (χ0v) is 16.4. The molecule has 8 nitrogen and oxygen atoms in total. The van der Waals surface area contributed by atoms with E-state index in [4.69, 9.17) is 9.73 Å². The molecule has 146 valence electrons. The maximum Gasteiger partial charge on any atom is 0.193 e. The van der Waals surface area contributed by atoms with Gasteiger partial charge in [0.25, 0.3) is 0 Å². The first-order valence-electron chi connectivity index (χ1n) is 9.78. The molecule has 1 aromatic heterocycles. The summed E-state index contributed by atoms with van der Waals surface area (Å²) in [6.45, 7) is 7.48. The van der Waals surface area contributed by atoms with Gasteiger partial charge in [-0.25, -0.2) is 4.98 Å². The number of ether oxygens (including phenoxy) is 1. The lowest BCUT2D eigenvalue weighted by atomic mass is 9.89. The second-order valence-corrected chi connectivity index (χ2v) is 7.53. The molecule has 26 heavy (non-hydrogen) atoms. The monoisotopic (exact) mass is 363 g/mol. The molecule has 0 aromatic carbocycles. The molecule has 3 heterocycles. The summed E-state index contributed by atoms with van der Waals surface area (Å²) in [5, 5.41) is 10.5. The summed E-state index contributed by atoms with van der Waals surface area (Å²) < 4.78 is 5.58. The van der Waals surface area contributed by atoms with Crippen LogP contribution in [0.5, 0.6) is 0 Å². The lowest BCUT2D eigenvalue weighted by molar-refractivity contribution is -0.00266. The Kier molecular flexibility index (Phi) is 6.48. The van der Waals surface area contributed by atoms with E-state index in [9.17, 15) is 0 Å². The van der Waals surface area contributed by atoms with E-state index in [0.717, 1.165) is 76.9 Å². The fourth-order valence-corrected chi connectivity index (χ4v) is 3.92. The SMILES string of the molecule is CCNC(=NCC1(N(C)C)CCOCC1)N1CCC(c2ncn[nH]2)CC1. The molecule has 2 aliphatic heterocycles. The third-order valence-electron chi connectivity index (χ3n) is 5.85. The molecule has 0 unspecified atom stereocenters. The lowest BCUT2D eigenvalue weighted by Crippen LogP contribution is -2.52. The van der Waals surface area contributed by atoms with Crippen LogP contribution in [0.3, 0.4) is 0 Å². The summed E-state index contributed by atoms with van der Waals surface area (Å²) in [4.78, 5) is 14.1. The summed E-state index contributed by atoms with van der Waals surface area (Å²) in [5.41, 5.74) is 0.108. The zero-order valence-electron chi connectivity index (χ0n) is 16.4. The number of nitrogens with zero attached hydrogens (tertiary/aromatic N) is 5. The van der Waals surface area contributed by atoms with Crippen LogP contribution in [-0.2, 0) is 4.74 Å². The molecule has 0 amide bonds. The maximum atomic E-state index is 5.58. The van der Waals surface area contributed by atoms with Crippen molar-refractivity contribution in [3.8, 4) is 0 Å². The van der Waals surface area contributed by atoms with E-state index < -0.39 is 0 Å². The Morgan fingerprint density at radius 3 is 2.69 bits per heavy atom. The summed E-state index contributed by atoms with van der Waals surface area (Å²) in [7, 11) is 4.33. The fourth-order valence-electron chi connectivity index (χ4n) is 3.92. The summed E-state index contributed by atoms with van der Waals surface area (Å²) in [5.74, 6) is 2.52. The molecule has 0 saturated carbocycles. The van der Waals surface area contributed by atoms with Crippen molar-refractivity contribution >= 4 is 5.96 Å². The molecule has 0 atom stereocenters. The number of hydrogen-bond acceptors (Lipinski definition) is 5. The Labute approximate surface area is 156 Å². The highest BCUT2D eigenvalue weighted by Gasteiger charge is 2.35. The number of guanidine groups is 1. The highest BCUT2D eigenvalue weighted by Crippen LogP contribution is 2.27. The van der Waals surface area contributed by atoms with Gasteiger partial charge in [-0.3, -0.25) is 10.1 Å². The number of likely N-dealkylation sites (N-methyl/N-ethyl adjacent to an activating group) is 1. The van der Waals surface area contributed by atoms with Crippen LogP contribution in [0.25, 0.3) is 0 Å². The van der Waals surface area contributed by atoms with Gasteiger partial charge in [-0.1, -0.05) is 0 Å². The summed E-state index contributed by atoms with van der Waals surface area (Å²) in [6, 6.07) is 0. The third-order valence-corrected chi connectivity index (χ3v) is 5.85. The standard InChI is InChI=1S/C18H33N7O/c1-4-19-17(20-13-18(24(2)3)7-11-26-12-8-18)25-9-5-15(6-10-25)16-21-14-22-23-16/h14-15H,4-13H2,1-3H3,(H,19,20)(H,21,22,23). The molecular formula is C18H33N7O. The van der Waals surface area contributed by atoms with Crippen LogP contribution in [0.15, 0.2) is 11.3 Å². The molecule has 0 spiro atoms. The van der Waals surface area contributed by atoms with Crippen molar-refractivity contribution in [3.63, 3.8) is 0 Å². The number of rotatable bonds is 5. The predicted molar refractivity (Wildman–Crippen MR) is 102 cm³/mol. The second-order valence-electron chi connectivity index (χ2n) is 7.53. The predicted octanol–water partition coefficient (Wildman–Crippen LogP) is 1.06. The Morgan fingerprint density at radius 1 is 1.38 bits per heavy atom. The van der Waals surface area contributed by atoms with Crippen molar-refractivity contribution in [1.29, 1.82) is 0 Å². The molecule has 2 aliphatic rings. The molecule has 2 fully saturated rings. The van der Waals surface area contributed by atoms with Gasteiger partial charge in [-0.2, -0.15) is 5.10 Å². The number of piperidine rings is 1. The Bertz CT molecular complexity index is 558. The van der Waals surface area contributed by atoms with Crippen LogP contribution in [0, 0.1) is 0 Å². The van der Waals surface area contributed by atoms with Gasteiger partial charge in [-0.05, 0) is 46.7 Å². The van der Waals surface area contributed by atoms with Gasteiger partial charge in [0.2, 0.25) is 0 Å². The molecule has 0 bridgehead atoms. The van der Waals surface area contributed by atoms with E-state index in [0.29, 0.717) is 5.92 Å². The Hall–Kier alpha value is -1.67. The first-order chi connectivity index (χ1) is 12.6. The van der Waals surface area contributed by atoms with Crippen LogP contribution in [0.1, 0.15) is 44.3 Å². The normalized spacial score (nSPS) is 22.0. The van der Waals surface area contributed by atoms with E-state index in [1.54, 1.807) is 6.33 Å². The van der Waals surface area contributed by atoms with Crippen molar-refractivity contribution in [2.45, 2.75) is 44.1 Å². The van der Waals surface area contributed by atoms with Crippen LogP contribution >= 0.6 is 0 Å². The van der Waals surface area contributed by atoms with E-state index >= 15 is 0 Å². The smallest absolute Gasteiger partial charge is 0.193 e. The minimum Gasteiger partial charge on any atom is -0.381 e. The highest BCUT2D eigenvalue weighted by molar-refractivity contribution is 5.80. The van der Waals surface area contributed by atoms with Gasteiger partial charge in [0.05, 0.1) is 6.54 Å². The zero-order chi connectivity index (χ0) is 18.4. The molecule has 8 heteroatoms. The molecular weight excluding hydrogens is 330 g/mol. The number of nitrogens with one attached hydrogen (secondary N) is 2. The fraction of sp³-hybridized carbons (Fsp3) is 0.833. The molecule has 0 radical (unpaired) electrons. The minimum atomic E-state index is 0.108. The van der Waals surface area contributed by atoms with Crippen molar-refractivity contribution in [2.75, 3.05) is 53.5 Å². The average Bonchev–Trinajstić information content (AvgIpc) is 3.21. The number of aromatic nitrogens is 3. The van der Waals surface area contributed by atoms with Gasteiger partial charge in [0.15, 0.2) is 5.96 Å². The number of H-pyrrole nitrogens is 1. The topological polar surface area (TPSA) is 81.7 Å². The first-order valence-corrected chi connectivity index (χ1v) is 9.78. The number of aromatic amines is 1. The van der Waals surface area contributed by atoms with Gasteiger partial charge in [0.1, 0.15) is 12.2 Å². The summed E-state index contributed by atoms with van der Waals surface area (Å²) >= 11 is 0. The number of aliphatic imine (C=N–C) groups is 1. The molecule has 0 aliphatic carbocycles. The Morgan fingerprint density at radius 2 is 2.12 bits per heavy atom. The minimum absolute atomic E-state index is 0.108. The van der Waals surface area contributed by atoms with Gasteiger partial charge < -0.3 is 19.9 Å².